The maximum atomic E-state index is 13.3. The second kappa shape index (κ2) is 7.94. The van der Waals surface area contributed by atoms with E-state index in [0.717, 1.165) is 18.2 Å². The molecule has 4 N–H and O–H groups in total. The number of rotatable bonds is 4. The third kappa shape index (κ3) is 4.39. The highest BCUT2D eigenvalue weighted by atomic mass is 19.4. The molecule has 0 bridgehead atoms. The number of carbonyl (C=O) groups is 2. The third-order valence-corrected chi connectivity index (χ3v) is 4.69. The van der Waals surface area contributed by atoms with Gasteiger partial charge in [-0.1, -0.05) is 30.3 Å². The highest BCUT2D eigenvalue weighted by molar-refractivity contribution is 6.13. The quantitative estimate of drug-likeness (QED) is 0.464. The van der Waals surface area contributed by atoms with Crippen LogP contribution < -0.4 is 16.4 Å². The highest BCUT2D eigenvalue weighted by Gasteiger charge is 2.36. The van der Waals surface area contributed by atoms with E-state index in [1.807, 2.05) is 0 Å². The van der Waals surface area contributed by atoms with Crippen LogP contribution in [0.15, 0.2) is 53.5 Å². The van der Waals surface area contributed by atoms with Gasteiger partial charge in [0.05, 0.1) is 5.56 Å². The van der Waals surface area contributed by atoms with Crippen molar-refractivity contribution in [2.45, 2.75) is 25.1 Å². The maximum absolute atomic E-state index is 13.3. The first-order chi connectivity index (χ1) is 13.7. The number of aliphatic imine (C=N–C) groups is 1. The van der Waals surface area contributed by atoms with Gasteiger partial charge in [-0.3, -0.25) is 9.59 Å². The van der Waals surface area contributed by atoms with Crippen molar-refractivity contribution in [2.75, 3.05) is 11.4 Å². The van der Waals surface area contributed by atoms with E-state index < -0.39 is 35.4 Å². The van der Waals surface area contributed by atoms with Crippen molar-refractivity contribution in [3.63, 3.8) is 0 Å². The van der Waals surface area contributed by atoms with Crippen molar-refractivity contribution in [1.29, 1.82) is 0 Å². The minimum absolute atomic E-state index is 0.0373. The van der Waals surface area contributed by atoms with Crippen LogP contribution in [0.1, 0.15) is 34.3 Å². The number of nitrogens with two attached hydrogens (primary N) is 2. The smallest absolute Gasteiger partial charge is 0.370 e. The lowest BCUT2D eigenvalue weighted by Crippen LogP contribution is -2.38. The zero-order valence-corrected chi connectivity index (χ0v) is 15.3. The fraction of sp³-hybridized carbons (Fsp3) is 0.250. The number of hydrogen-bond acceptors (Lipinski definition) is 3. The third-order valence-electron chi connectivity index (χ3n) is 4.69. The van der Waals surface area contributed by atoms with Crippen LogP contribution in [-0.4, -0.2) is 30.2 Å². The Morgan fingerprint density at radius 3 is 2.38 bits per heavy atom. The lowest BCUT2D eigenvalue weighted by atomic mass is 9.98. The molecule has 1 aliphatic heterocycles. The molecule has 29 heavy (non-hydrogen) atoms. The molecule has 0 aromatic heterocycles. The summed E-state index contributed by atoms with van der Waals surface area (Å²) < 4.78 is 39.9. The Labute approximate surface area is 165 Å². The Kier molecular flexibility index (Phi) is 5.58. The number of carbonyl (C=O) groups excluding carboxylic acids is 2. The Morgan fingerprint density at radius 1 is 1.07 bits per heavy atom. The van der Waals surface area contributed by atoms with Gasteiger partial charge >= 0.3 is 6.18 Å². The fourth-order valence-corrected chi connectivity index (χ4v) is 3.40. The van der Waals surface area contributed by atoms with Gasteiger partial charge in [-0.25, -0.2) is 0 Å². The number of hydrogen-bond donors (Lipinski definition) is 2. The first-order valence-electron chi connectivity index (χ1n) is 8.89. The molecular weight excluding hydrogens is 385 g/mol. The summed E-state index contributed by atoms with van der Waals surface area (Å²) in [5.74, 6) is -1.52. The molecule has 0 spiro atoms. The summed E-state index contributed by atoms with van der Waals surface area (Å²) in [7, 11) is 0. The predicted molar refractivity (Wildman–Crippen MR) is 103 cm³/mol. The molecule has 1 saturated heterocycles. The van der Waals surface area contributed by atoms with Gasteiger partial charge in [0.25, 0.3) is 5.91 Å². The molecule has 1 amide bonds. The van der Waals surface area contributed by atoms with E-state index in [4.69, 9.17) is 11.5 Å². The van der Waals surface area contributed by atoms with E-state index >= 15 is 0 Å². The normalized spacial score (nSPS) is 16.5. The van der Waals surface area contributed by atoms with Crippen molar-refractivity contribution in [3.05, 3.63) is 65.2 Å². The zero-order valence-electron chi connectivity index (χ0n) is 15.3. The summed E-state index contributed by atoms with van der Waals surface area (Å²) in [4.78, 5) is 30.4. The van der Waals surface area contributed by atoms with Gasteiger partial charge in [-0.05, 0) is 31.0 Å². The van der Waals surface area contributed by atoms with E-state index in [9.17, 15) is 22.8 Å². The average Bonchev–Trinajstić information content (AvgIpc) is 3.16. The van der Waals surface area contributed by atoms with Gasteiger partial charge in [-0.2, -0.15) is 18.2 Å². The monoisotopic (exact) mass is 404 g/mol. The van der Waals surface area contributed by atoms with E-state index in [0.29, 0.717) is 24.9 Å². The van der Waals surface area contributed by atoms with Gasteiger partial charge in [0, 0.05) is 23.4 Å². The first kappa shape index (κ1) is 20.4. The van der Waals surface area contributed by atoms with Gasteiger partial charge in [0.15, 0.2) is 11.7 Å². The number of benzene rings is 2. The molecular formula is C20H19F3N4O2. The van der Waals surface area contributed by atoms with Crippen LogP contribution in [-0.2, 0) is 11.0 Å². The van der Waals surface area contributed by atoms with Gasteiger partial charge in [0.1, 0.15) is 6.04 Å². The summed E-state index contributed by atoms with van der Waals surface area (Å²) in [6, 6.07) is 10.3. The Bertz CT molecular complexity index is 954. The number of guanidine groups is 1. The van der Waals surface area contributed by atoms with Crippen molar-refractivity contribution >= 4 is 23.3 Å². The zero-order chi connectivity index (χ0) is 21.2. The highest BCUT2D eigenvalue weighted by Crippen LogP contribution is 2.37. The molecule has 0 saturated carbocycles. The van der Waals surface area contributed by atoms with E-state index in [1.54, 1.807) is 30.3 Å². The van der Waals surface area contributed by atoms with Crippen LogP contribution in [0.4, 0.5) is 18.9 Å². The number of amides is 1. The SMILES string of the molecule is NC(N)=NC(=O)C1CCCN1c1cc(C(F)(F)F)ccc1C(=O)c1ccccc1. The Morgan fingerprint density at radius 2 is 1.76 bits per heavy atom. The first-order valence-corrected chi connectivity index (χ1v) is 8.89. The largest absolute Gasteiger partial charge is 0.416 e. The van der Waals surface area contributed by atoms with Crippen LogP contribution in [0.25, 0.3) is 0 Å². The van der Waals surface area contributed by atoms with Crippen LogP contribution in [0.3, 0.4) is 0 Å². The molecule has 2 aromatic carbocycles. The molecule has 1 aliphatic rings. The van der Waals surface area contributed by atoms with Gasteiger partial charge in [0.2, 0.25) is 0 Å². The Hall–Kier alpha value is -3.36. The minimum Gasteiger partial charge on any atom is -0.370 e. The molecule has 3 rings (SSSR count). The van der Waals surface area contributed by atoms with E-state index in [-0.39, 0.29) is 11.3 Å². The summed E-state index contributed by atoms with van der Waals surface area (Å²) in [6.45, 7) is 0.298. The molecule has 1 unspecified atom stereocenters. The second-order valence-electron chi connectivity index (χ2n) is 6.65. The summed E-state index contributed by atoms with van der Waals surface area (Å²) in [5.41, 5.74) is 10.1. The van der Waals surface area contributed by atoms with Crippen LogP contribution in [0, 0.1) is 0 Å². The molecule has 2 aromatic rings. The standard InChI is InChI=1S/C20H19F3N4O2/c21-20(22,23)13-8-9-14(17(28)12-5-2-1-3-6-12)16(11-13)27-10-4-7-15(27)18(29)26-19(24)25/h1-3,5-6,8-9,11,15H,4,7,10H2,(H4,24,25,26,29). The maximum Gasteiger partial charge on any atom is 0.416 e. The summed E-state index contributed by atoms with van der Waals surface area (Å²) in [6.07, 6.45) is -3.68. The van der Waals surface area contributed by atoms with Crippen LogP contribution in [0.5, 0.6) is 0 Å². The van der Waals surface area contributed by atoms with Crippen molar-refractivity contribution in [2.24, 2.45) is 16.5 Å². The number of ketones is 1. The predicted octanol–water partition coefficient (Wildman–Crippen LogP) is 2.71. The minimum atomic E-state index is -4.60. The number of alkyl halides is 3. The Balaban J connectivity index is 2.10. The van der Waals surface area contributed by atoms with Crippen molar-refractivity contribution < 1.29 is 22.8 Å². The number of anilines is 1. The summed E-state index contributed by atoms with van der Waals surface area (Å²) >= 11 is 0. The molecule has 0 aliphatic carbocycles. The fourth-order valence-electron chi connectivity index (χ4n) is 3.40. The van der Waals surface area contributed by atoms with Crippen LogP contribution in [0.2, 0.25) is 0 Å². The van der Waals surface area contributed by atoms with Crippen LogP contribution >= 0.6 is 0 Å². The number of nitrogens with zero attached hydrogens (tertiary/aromatic N) is 2. The molecule has 1 fully saturated rings. The summed E-state index contributed by atoms with van der Waals surface area (Å²) in [5, 5.41) is 0. The molecule has 1 atom stereocenters. The topological polar surface area (TPSA) is 102 Å². The lowest BCUT2D eigenvalue weighted by molar-refractivity contribution is -0.137. The second-order valence-corrected chi connectivity index (χ2v) is 6.65. The molecule has 1 heterocycles. The molecule has 152 valence electrons. The van der Waals surface area contributed by atoms with E-state index in [1.165, 1.54) is 4.90 Å². The lowest BCUT2D eigenvalue weighted by Gasteiger charge is -2.27. The van der Waals surface area contributed by atoms with Gasteiger partial charge in [-0.15, -0.1) is 0 Å². The number of halogens is 3. The molecule has 0 radical (unpaired) electrons. The molecule has 9 heteroatoms. The molecule has 6 nitrogen and oxygen atoms in total. The average molecular weight is 404 g/mol. The van der Waals surface area contributed by atoms with Gasteiger partial charge < -0.3 is 16.4 Å². The van der Waals surface area contributed by atoms with Crippen molar-refractivity contribution in [1.82, 2.24) is 0 Å². The van der Waals surface area contributed by atoms with Crippen molar-refractivity contribution in [3.8, 4) is 0 Å². The van der Waals surface area contributed by atoms with E-state index in [2.05, 4.69) is 4.99 Å².